The third-order valence-corrected chi connectivity index (χ3v) is 4.40. The monoisotopic (exact) mass is 310 g/mol. The van der Waals surface area contributed by atoms with Gasteiger partial charge in [0.25, 0.3) is 5.91 Å². The van der Waals surface area contributed by atoms with E-state index in [-0.39, 0.29) is 17.8 Å². The minimum atomic E-state index is -0.839. The predicted molar refractivity (Wildman–Crippen MR) is 82.2 cm³/mol. The second-order valence-corrected chi connectivity index (χ2v) is 6.58. The van der Waals surface area contributed by atoms with Crippen LogP contribution in [0.15, 0.2) is 0 Å². The first kappa shape index (κ1) is 16.7. The third-order valence-electron chi connectivity index (χ3n) is 4.40. The van der Waals surface area contributed by atoms with Crippen LogP contribution in [0.5, 0.6) is 0 Å². The van der Waals surface area contributed by atoms with Gasteiger partial charge in [-0.05, 0) is 40.2 Å². The molecule has 4 amide bonds. The van der Waals surface area contributed by atoms with E-state index in [0.29, 0.717) is 25.4 Å². The summed E-state index contributed by atoms with van der Waals surface area (Å²) in [4.78, 5) is 39.1. The van der Waals surface area contributed by atoms with Gasteiger partial charge < -0.3 is 15.5 Å². The Morgan fingerprint density at radius 2 is 2.14 bits per heavy atom. The van der Waals surface area contributed by atoms with Gasteiger partial charge in [-0.2, -0.15) is 0 Å². The Kier molecular flexibility index (Phi) is 5.05. The van der Waals surface area contributed by atoms with Gasteiger partial charge in [-0.1, -0.05) is 0 Å². The van der Waals surface area contributed by atoms with E-state index < -0.39 is 5.54 Å². The Balaban J connectivity index is 1.78. The number of rotatable bonds is 5. The molecule has 1 atom stereocenters. The molecule has 2 N–H and O–H groups in total. The first-order chi connectivity index (χ1) is 10.3. The Morgan fingerprint density at radius 3 is 2.73 bits per heavy atom. The van der Waals surface area contributed by atoms with Crippen LogP contribution in [0.1, 0.15) is 39.5 Å². The number of likely N-dealkylation sites (N-methyl/N-ethyl adjacent to an activating group) is 1. The lowest BCUT2D eigenvalue weighted by molar-refractivity contribution is -0.134. The van der Waals surface area contributed by atoms with Crippen molar-refractivity contribution in [1.82, 2.24) is 20.4 Å². The zero-order valence-corrected chi connectivity index (χ0v) is 13.6. The zero-order valence-electron chi connectivity index (χ0n) is 13.6. The van der Waals surface area contributed by atoms with E-state index in [1.54, 1.807) is 13.8 Å². The average molecular weight is 310 g/mol. The molecule has 0 saturated carbocycles. The topological polar surface area (TPSA) is 81.8 Å². The van der Waals surface area contributed by atoms with Crippen LogP contribution in [0.4, 0.5) is 4.79 Å². The summed E-state index contributed by atoms with van der Waals surface area (Å²) in [6, 6.07) is 0.0000975. The number of likely N-dealkylation sites (tertiary alicyclic amines) is 1. The molecule has 0 bridgehead atoms. The molecule has 2 aliphatic heterocycles. The third kappa shape index (κ3) is 3.58. The quantitative estimate of drug-likeness (QED) is 0.716. The molecule has 0 aliphatic carbocycles. The number of nitrogens with zero attached hydrogens (tertiary/aromatic N) is 2. The Bertz CT molecular complexity index is 464. The largest absolute Gasteiger partial charge is 0.341 e. The second kappa shape index (κ2) is 6.64. The van der Waals surface area contributed by atoms with Gasteiger partial charge >= 0.3 is 6.03 Å². The molecule has 0 aromatic carbocycles. The van der Waals surface area contributed by atoms with E-state index in [2.05, 4.69) is 10.6 Å². The van der Waals surface area contributed by atoms with Crippen molar-refractivity contribution in [2.75, 3.05) is 26.7 Å². The number of nitrogens with one attached hydrogen (secondary N) is 2. The standard InChI is InChI=1S/C15H26N4O3/c1-15(2)13(21)19(14(22)17-15)9-5-7-12(20)18-8-4-6-11(10-18)16-3/h11,16H,4-10H2,1-3H3,(H,17,22). The van der Waals surface area contributed by atoms with Crippen molar-refractivity contribution >= 4 is 17.8 Å². The van der Waals surface area contributed by atoms with Crippen molar-refractivity contribution in [1.29, 1.82) is 0 Å². The molecular weight excluding hydrogens is 284 g/mol. The molecule has 7 nitrogen and oxygen atoms in total. The van der Waals surface area contributed by atoms with Gasteiger partial charge in [0.15, 0.2) is 0 Å². The number of piperidine rings is 1. The maximum Gasteiger partial charge on any atom is 0.325 e. The van der Waals surface area contributed by atoms with Crippen LogP contribution in [-0.2, 0) is 9.59 Å². The molecule has 0 aromatic heterocycles. The number of hydrogen-bond acceptors (Lipinski definition) is 4. The number of hydrogen-bond donors (Lipinski definition) is 2. The van der Waals surface area contributed by atoms with Crippen molar-refractivity contribution in [3.8, 4) is 0 Å². The van der Waals surface area contributed by atoms with Crippen LogP contribution >= 0.6 is 0 Å². The number of urea groups is 1. The summed E-state index contributed by atoms with van der Waals surface area (Å²) in [6.07, 6.45) is 2.99. The first-order valence-corrected chi connectivity index (χ1v) is 7.94. The molecule has 124 valence electrons. The van der Waals surface area contributed by atoms with Gasteiger partial charge in [-0.15, -0.1) is 0 Å². The van der Waals surface area contributed by atoms with Gasteiger partial charge in [0.05, 0.1) is 0 Å². The fraction of sp³-hybridized carbons (Fsp3) is 0.800. The maximum atomic E-state index is 12.2. The van der Waals surface area contributed by atoms with Crippen molar-refractivity contribution in [3.63, 3.8) is 0 Å². The summed E-state index contributed by atoms with van der Waals surface area (Å²) in [5.41, 5.74) is -0.839. The number of carbonyl (C=O) groups is 3. The minimum absolute atomic E-state index is 0.103. The summed E-state index contributed by atoms with van der Waals surface area (Å²) in [5, 5.41) is 5.85. The molecule has 2 aliphatic rings. The zero-order chi connectivity index (χ0) is 16.3. The van der Waals surface area contributed by atoms with Crippen LogP contribution < -0.4 is 10.6 Å². The van der Waals surface area contributed by atoms with Crippen molar-refractivity contribution < 1.29 is 14.4 Å². The fourth-order valence-corrected chi connectivity index (χ4v) is 3.01. The van der Waals surface area contributed by atoms with Crippen molar-refractivity contribution in [3.05, 3.63) is 0 Å². The van der Waals surface area contributed by atoms with Crippen molar-refractivity contribution in [2.45, 2.75) is 51.1 Å². The van der Waals surface area contributed by atoms with E-state index >= 15 is 0 Å². The van der Waals surface area contributed by atoms with Crippen LogP contribution in [0.2, 0.25) is 0 Å². The van der Waals surface area contributed by atoms with Crippen LogP contribution in [0, 0.1) is 0 Å². The van der Waals surface area contributed by atoms with E-state index in [9.17, 15) is 14.4 Å². The molecule has 0 radical (unpaired) electrons. The molecule has 2 rings (SSSR count). The number of amides is 4. The van der Waals surface area contributed by atoms with Crippen LogP contribution in [0.25, 0.3) is 0 Å². The minimum Gasteiger partial charge on any atom is -0.341 e. The molecular formula is C15H26N4O3. The number of carbonyl (C=O) groups excluding carboxylic acids is 3. The summed E-state index contributed by atoms with van der Waals surface area (Å²) >= 11 is 0. The summed E-state index contributed by atoms with van der Waals surface area (Å²) in [6.45, 7) is 5.20. The summed E-state index contributed by atoms with van der Waals surface area (Å²) in [5.74, 6) is -0.121. The lowest BCUT2D eigenvalue weighted by Gasteiger charge is -2.32. The molecule has 2 fully saturated rings. The van der Waals surface area contributed by atoms with Crippen LogP contribution in [0.3, 0.4) is 0 Å². The van der Waals surface area contributed by atoms with Crippen LogP contribution in [-0.4, -0.2) is 65.9 Å². The first-order valence-electron chi connectivity index (χ1n) is 7.94. The van der Waals surface area contributed by atoms with Gasteiger partial charge in [0.1, 0.15) is 5.54 Å². The van der Waals surface area contributed by atoms with E-state index in [1.165, 1.54) is 4.90 Å². The molecule has 0 aromatic rings. The maximum absolute atomic E-state index is 12.2. The van der Waals surface area contributed by atoms with E-state index in [4.69, 9.17) is 0 Å². The number of imide groups is 1. The smallest absolute Gasteiger partial charge is 0.325 e. The Labute approximate surface area is 131 Å². The Morgan fingerprint density at radius 1 is 1.41 bits per heavy atom. The van der Waals surface area contributed by atoms with Gasteiger partial charge in [0, 0.05) is 32.1 Å². The van der Waals surface area contributed by atoms with E-state index in [1.807, 2.05) is 11.9 Å². The molecule has 1 unspecified atom stereocenters. The van der Waals surface area contributed by atoms with Gasteiger partial charge in [-0.3, -0.25) is 14.5 Å². The molecule has 2 heterocycles. The predicted octanol–water partition coefficient (Wildman–Crippen LogP) is 0.307. The lowest BCUT2D eigenvalue weighted by Crippen LogP contribution is -2.47. The van der Waals surface area contributed by atoms with Gasteiger partial charge in [0.2, 0.25) is 5.91 Å². The lowest BCUT2D eigenvalue weighted by atomic mass is 10.1. The van der Waals surface area contributed by atoms with E-state index in [0.717, 1.165) is 25.9 Å². The average Bonchev–Trinajstić information content (AvgIpc) is 2.68. The van der Waals surface area contributed by atoms with Gasteiger partial charge in [-0.25, -0.2) is 4.79 Å². The SMILES string of the molecule is CNC1CCCN(C(=O)CCCN2C(=O)NC(C)(C)C2=O)C1. The van der Waals surface area contributed by atoms with Crippen molar-refractivity contribution in [2.24, 2.45) is 0 Å². The summed E-state index contributed by atoms with van der Waals surface area (Å²) in [7, 11) is 1.91. The fourth-order valence-electron chi connectivity index (χ4n) is 3.01. The highest BCUT2D eigenvalue weighted by atomic mass is 16.2. The molecule has 7 heteroatoms. The molecule has 2 saturated heterocycles. The highest BCUT2D eigenvalue weighted by molar-refractivity contribution is 6.06. The highest BCUT2D eigenvalue weighted by Gasteiger charge is 2.43. The molecule has 22 heavy (non-hydrogen) atoms. The highest BCUT2D eigenvalue weighted by Crippen LogP contribution is 2.17. The summed E-state index contributed by atoms with van der Waals surface area (Å²) < 4.78 is 0. The second-order valence-electron chi connectivity index (χ2n) is 6.58. The normalized spacial score (nSPS) is 24.6. The molecule has 0 spiro atoms. The Hall–Kier alpha value is -1.63.